The van der Waals surface area contributed by atoms with E-state index in [4.69, 9.17) is 9.52 Å². The molecule has 3 aromatic rings. The number of amides is 2. The average Bonchev–Trinajstić information content (AvgIpc) is 3.28. The number of hydrogen-bond donors (Lipinski definition) is 2. The summed E-state index contributed by atoms with van der Waals surface area (Å²) in [5.41, 5.74) is 2.45. The molecule has 1 aromatic heterocycles. The minimum atomic E-state index is -0.809. The Hall–Kier alpha value is -3.52. The molecule has 1 aliphatic heterocycles. The van der Waals surface area contributed by atoms with E-state index < -0.39 is 5.97 Å². The van der Waals surface area contributed by atoms with Crippen LogP contribution in [0.25, 0.3) is 0 Å². The Kier molecular flexibility index (Phi) is 6.61. The van der Waals surface area contributed by atoms with E-state index in [0.717, 1.165) is 21.9 Å². The van der Waals surface area contributed by atoms with Crippen molar-refractivity contribution in [1.29, 1.82) is 0 Å². The van der Waals surface area contributed by atoms with Gasteiger partial charge in [0.1, 0.15) is 6.26 Å². The molecule has 1 aliphatic rings. The van der Waals surface area contributed by atoms with Gasteiger partial charge in [-0.25, -0.2) is 0 Å². The van der Waals surface area contributed by atoms with Crippen molar-refractivity contribution in [2.45, 2.75) is 35.5 Å². The van der Waals surface area contributed by atoms with Gasteiger partial charge in [-0.3, -0.25) is 14.4 Å². The number of rotatable bonds is 8. The number of fused-ring (bicyclic) bond motifs is 2. The van der Waals surface area contributed by atoms with Crippen LogP contribution in [-0.4, -0.2) is 29.4 Å². The summed E-state index contributed by atoms with van der Waals surface area (Å²) in [5.74, 6) is -1.17. The summed E-state index contributed by atoms with van der Waals surface area (Å²) in [7, 11) is 0. The normalized spacial score (nSPS) is 12.6. The van der Waals surface area contributed by atoms with Gasteiger partial charge in [-0.2, -0.15) is 0 Å². The monoisotopic (exact) mass is 450 g/mol. The van der Waals surface area contributed by atoms with Crippen molar-refractivity contribution in [3.05, 3.63) is 72.2 Å². The molecule has 0 atom stereocenters. The number of anilines is 2. The maximum atomic E-state index is 13.3. The Balaban J connectivity index is 1.59. The first-order valence-electron chi connectivity index (χ1n) is 10.3. The van der Waals surface area contributed by atoms with Crippen LogP contribution in [0.15, 0.2) is 75.3 Å². The fraction of sp³-hybridized carbons (Fsp3) is 0.208. The highest BCUT2D eigenvalue weighted by atomic mass is 32.2. The van der Waals surface area contributed by atoms with E-state index in [2.05, 4.69) is 5.32 Å². The number of carboxylic acid groups (broad SMARTS) is 1. The lowest BCUT2D eigenvalue weighted by Crippen LogP contribution is -2.31. The van der Waals surface area contributed by atoms with Gasteiger partial charge in [-0.1, -0.05) is 30.3 Å². The number of aliphatic carboxylic acids is 1. The number of nitrogens with zero attached hydrogens (tertiary/aromatic N) is 1. The smallest absolute Gasteiger partial charge is 0.303 e. The molecule has 0 radical (unpaired) electrons. The molecule has 2 amide bonds. The lowest BCUT2D eigenvalue weighted by Gasteiger charge is -2.23. The van der Waals surface area contributed by atoms with Gasteiger partial charge in [-0.15, -0.1) is 0 Å². The van der Waals surface area contributed by atoms with Crippen molar-refractivity contribution < 1.29 is 23.9 Å². The minimum Gasteiger partial charge on any atom is -0.481 e. The molecule has 32 heavy (non-hydrogen) atoms. The Bertz CT molecular complexity index is 1140. The van der Waals surface area contributed by atoms with Gasteiger partial charge in [0.2, 0.25) is 0 Å². The Morgan fingerprint density at radius 1 is 1.03 bits per heavy atom. The van der Waals surface area contributed by atoms with Gasteiger partial charge < -0.3 is 19.7 Å². The first-order valence-corrected chi connectivity index (χ1v) is 11.1. The van der Waals surface area contributed by atoms with Crippen LogP contribution < -0.4 is 10.2 Å². The first kappa shape index (κ1) is 21.7. The van der Waals surface area contributed by atoms with E-state index in [-0.39, 0.29) is 18.2 Å². The topological polar surface area (TPSA) is 99.9 Å². The van der Waals surface area contributed by atoms with Gasteiger partial charge >= 0.3 is 5.97 Å². The predicted octanol–water partition coefficient (Wildman–Crippen LogP) is 5.29. The van der Waals surface area contributed by atoms with Crippen molar-refractivity contribution in [3.8, 4) is 0 Å². The maximum Gasteiger partial charge on any atom is 0.303 e. The van der Waals surface area contributed by atoms with E-state index in [1.807, 2.05) is 36.4 Å². The molecule has 0 spiro atoms. The molecule has 0 saturated heterocycles. The fourth-order valence-electron chi connectivity index (χ4n) is 3.54. The van der Waals surface area contributed by atoms with Gasteiger partial charge in [0.05, 0.1) is 23.1 Å². The molecule has 2 heterocycles. The number of carbonyl (C=O) groups is 3. The highest BCUT2D eigenvalue weighted by Crippen LogP contribution is 2.42. The van der Waals surface area contributed by atoms with Gasteiger partial charge in [0.25, 0.3) is 11.8 Å². The van der Waals surface area contributed by atoms with Crippen molar-refractivity contribution in [1.82, 2.24) is 0 Å². The second-order valence-corrected chi connectivity index (χ2v) is 8.49. The van der Waals surface area contributed by atoms with Crippen LogP contribution in [0.1, 0.15) is 46.4 Å². The third-order valence-electron chi connectivity index (χ3n) is 5.15. The molecule has 2 N–H and O–H groups in total. The number of furan rings is 1. The van der Waals surface area contributed by atoms with E-state index in [1.54, 1.807) is 17.0 Å². The zero-order valence-corrected chi connectivity index (χ0v) is 18.1. The van der Waals surface area contributed by atoms with Gasteiger partial charge in [0.15, 0.2) is 0 Å². The molecule has 2 aromatic carbocycles. The minimum absolute atomic E-state index is 0.0831. The van der Waals surface area contributed by atoms with E-state index >= 15 is 0 Å². The summed E-state index contributed by atoms with van der Waals surface area (Å²) in [6.07, 6.45) is 4.95. The molecule has 164 valence electrons. The number of nitrogens with one attached hydrogen (secondary N) is 1. The van der Waals surface area contributed by atoms with E-state index in [1.165, 1.54) is 24.3 Å². The second-order valence-electron chi connectivity index (χ2n) is 7.41. The third kappa shape index (κ3) is 4.86. The molecule has 4 rings (SSSR count). The van der Waals surface area contributed by atoms with Crippen molar-refractivity contribution >= 4 is 40.9 Å². The van der Waals surface area contributed by atoms with E-state index in [9.17, 15) is 14.4 Å². The predicted molar refractivity (Wildman–Crippen MR) is 121 cm³/mol. The molecule has 0 aliphatic carbocycles. The largest absolute Gasteiger partial charge is 0.481 e. The SMILES string of the molecule is O=C(O)CCCCCN1C(=O)c2ccccc2Sc2cc(NC(=O)c3ccoc3)ccc21. The summed E-state index contributed by atoms with van der Waals surface area (Å²) >= 11 is 1.49. The van der Waals surface area contributed by atoms with Crippen LogP contribution in [0.4, 0.5) is 11.4 Å². The lowest BCUT2D eigenvalue weighted by molar-refractivity contribution is -0.137. The van der Waals surface area contributed by atoms with Crippen LogP contribution >= 0.6 is 11.8 Å². The van der Waals surface area contributed by atoms with Crippen LogP contribution in [0.2, 0.25) is 0 Å². The number of unbranched alkanes of at least 4 members (excludes halogenated alkanes) is 2. The van der Waals surface area contributed by atoms with Crippen LogP contribution in [0, 0.1) is 0 Å². The fourth-order valence-corrected chi connectivity index (χ4v) is 4.66. The quantitative estimate of drug-likeness (QED) is 0.453. The highest BCUT2D eigenvalue weighted by Gasteiger charge is 2.27. The van der Waals surface area contributed by atoms with Gasteiger partial charge in [-0.05, 0) is 49.2 Å². The summed E-state index contributed by atoms with van der Waals surface area (Å²) in [6, 6.07) is 14.5. The molecular weight excluding hydrogens is 428 g/mol. The molecule has 8 heteroatoms. The molecular formula is C24H22N2O5S. The third-order valence-corrected chi connectivity index (χ3v) is 6.27. The molecule has 0 bridgehead atoms. The standard InChI is InChI=1S/C24H22N2O5S/c27-22(28)8-2-1-5-12-26-19-10-9-17(25-23(29)16-11-13-31-15-16)14-21(19)32-20-7-4-3-6-18(20)24(26)30/h3-4,6-7,9-11,13-15H,1-2,5,8,12H2,(H,25,29)(H,27,28). The zero-order valence-electron chi connectivity index (χ0n) is 17.2. The summed E-state index contributed by atoms with van der Waals surface area (Å²) in [6.45, 7) is 0.487. The van der Waals surface area contributed by atoms with Crippen LogP contribution in [0.5, 0.6) is 0 Å². The number of carboxylic acids is 1. The van der Waals surface area contributed by atoms with Crippen LogP contribution in [0.3, 0.4) is 0 Å². The Morgan fingerprint density at radius 3 is 2.66 bits per heavy atom. The Labute approximate surface area is 189 Å². The average molecular weight is 451 g/mol. The lowest BCUT2D eigenvalue weighted by atomic mass is 10.1. The molecule has 0 saturated carbocycles. The van der Waals surface area contributed by atoms with Crippen molar-refractivity contribution in [2.75, 3.05) is 16.8 Å². The highest BCUT2D eigenvalue weighted by molar-refractivity contribution is 7.99. The Morgan fingerprint density at radius 2 is 1.88 bits per heavy atom. The zero-order chi connectivity index (χ0) is 22.5. The van der Waals surface area contributed by atoms with E-state index in [0.29, 0.717) is 36.2 Å². The summed E-state index contributed by atoms with van der Waals surface area (Å²) < 4.78 is 4.97. The first-order chi connectivity index (χ1) is 15.5. The van der Waals surface area contributed by atoms with Crippen molar-refractivity contribution in [2.24, 2.45) is 0 Å². The second kappa shape index (κ2) is 9.74. The maximum absolute atomic E-state index is 13.3. The summed E-state index contributed by atoms with van der Waals surface area (Å²) in [5, 5.41) is 11.7. The van der Waals surface area contributed by atoms with Crippen molar-refractivity contribution in [3.63, 3.8) is 0 Å². The number of benzene rings is 2. The van der Waals surface area contributed by atoms with Crippen LogP contribution in [-0.2, 0) is 4.79 Å². The number of hydrogen-bond acceptors (Lipinski definition) is 5. The molecule has 0 unspecified atom stereocenters. The number of carbonyl (C=O) groups excluding carboxylic acids is 2. The molecule has 7 nitrogen and oxygen atoms in total. The summed E-state index contributed by atoms with van der Waals surface area (Å²) in [4.78, 5) is 39.9. The molecule has 0 fully saturated rings. The van der Waals surface area contributed by atoms with Gasteiger partial charge in [0, 0.05) is 28.4 Å².